The molecule has 1 aromatic carbocycles. The third-order valence-corrected chi connectivity index (χ3v) is 3.42. The first-order chi connectivity index (χ1) is 8.28. The Kier molecular flexibility index (Phi) is 4.02. The summed E-state index contributed by atoms with van der Waals surface area (Å²) in [6, 6.07) is 7.02. The van der Waals surface area contributed by atoms with Crippen LogP contribution < -0.4 is 10.5 Å². The molecule has 2 N–H and O–H groups in total. The fourth-order valence-corrected chi connectivity index (χ4v) is 2.24. The Balaban J connectivity index is 2.16. The lowest BCUT2D eigenvalue weighted by Crippen LogP contribution is -2.25. The zero-order chi connectivity index (χ0) is 12.3. The average Bonchev–Trinajstić information content (AvgIpc) is 3.19. The van der Waals surface area contributed by atoms with Crippen molar-refractivity contribution in [2.75, 3.05) is 13.7 Å². The number of nitrogens with two attached hydrogens (primary N) is 1. The Morgan fingerprint density at radius 1 is 1.41 bits per heavy atom. The molecule has 0 atom stereocenters. The Morgan fingerprint density at radius 3 is 2.71 bits per heavy atom. The van der Waals surface area contributed by atoms with E-state index in [9.17, 15) is 0 Å². The van der Waals surface area contributed by atoms with Crippen molar-refractivity contribution in [3.05, 3.63) is 29.3 Å². The van der Waals surface area contributed by atoms with Crippen molar-refractivity contribution in [1.82, 2.24) is 4.90 Å². The van der Waals surface area contributed by atoms with Crippen LogP contribution in [-0.2, 0) is 13.1 Å². The summed E-state index contributed by atoms with van der Waals surface area (Å²) in [5, 5.41) is 0. The Morgan fingerprint density at radius 2 is 2.18 bits per heavy atom. The van der Waals surface area contributed by atoms with Crippen LogP contribution in [0.3, 0.4) is 0 Å². The van der Waals surface area contributed by atoms with E-state index < -0.39 is 0 Å². The van der Waals surface area contributed by atoms with Crippen LogP contribution in [0.1, 0.15) is 30.9 Å². The average molecular weight is 234 g/mol. The minimum Gasteiger partial charge on any atom is -0.496 e. The molecule has 1 aliphatic carbocycles. The van der Waals surface area contributed by atoms with Crippen LogP contribution in [0, 0.1) is 0 Å². The molecule has 0 aliphatic heterocycles. The monoisotopic (exact) mass is 234 g/mol. The number of benzene rings is 1. The van der Waals surface area contributed by atoms with Gasteiger partial charge in [-0.15, -0.1) is 0 Å². The maximum absolute atomic E-state index is 5.69. The SMILES string of the molecule is CCN(Cc1cc(CN)ccc1OC)C1CC1. The summed E-state index contributed by atoms with van der Waals surface area (Å²) < 4.78 is 5.42. The van der Waals surface area contributed by atoms with Crippen LogP contribution >= 0.6 is 0 Å². The van der Waals surface area contributed by atoms with Gasteiger partial charge in [-0.2, -0.15) is 0 Å². The third kappa shape index (κ3) is 2.99. The van der Waals surface area contributed by atoms with Gasteiger partial charge in [0, 0.05) is 24.7 Å². The molecule has 3 nitrogen and oxygen atoms in total. The van der Waals surface area contributed by atoms with Crippen molar-refractivity contribution >= 4 is 0 Å². The van der Waals surface area contributed by atoms with Crippen LogP contribution in [0.5, 0.6) is 5.75 Å². The molecule has 17 heavy (non-hydrogen) atoms. The molecular weight excluding hydrogens is 212 g/mol. The van der Waals surface area contributed by atoms with E-state index in [0.29, 0.717) is 6.54 Å². The molecular formula is C14H22N2O. The molecule has 2 rings (SSSR count). The Bertz CT molecular complexity index is 374. The smallest absolute Gasteiger partial charge is 0.123 e. The van der Waals surface area contributed by atoms with Crippen LogP contribution in [-0.4, -0.2) is 24.6 Å². The van der Waals surface area contributed by atoms with Crippen LogP contribution in [0.25, 0.3) is 0 Å². The molecule has 0 aromatic heterocycles. The normalized spacial score (nSPS) is 15.3. The van der Waals surface area contributed by atoms with Crippen LogP contribution in [0.2, 0.25) is 0 Å². The van der Waals surface area contributed by atoms with Gasteiger partial charge in [0.05, 0.1) is 7.11 Å². The van der Waals surface area contributed by atoms with E-state index in [1.165, 1.54) is 24.0 Å². The maximum atomic E-state index is 5.69. The molecule has 0 bridgehead atoms. The van der Waals surface area contributed by atoms with E-state index in [4.69, 9.17) is 10.5 Å². The van der Waals surface area contributed by atoms with E-state index >= 15 is 0 Å². The van der Waals surface area contributed by atoms with Gasteiger partial charge >= 0.3 is 0 Å². The van der Waals surface area contributed by atoms with E-state index in [-0.39, 0.29) is 0 Å². The van der Waals surface area contributed by atoms with Crippen LogP contribution in [0.15, 0.2) is 18.2 Å². The van der Waals surface area contributed by atoms with Crippen molar-refractivity contribution in [3.8, 4) is 5.75 Å². The summed E-state index contributed by atoms with van der Waals surface area (Å²) >= 11 is 0. The number of ether oxygens (including phenoxy) is 1. The van der Waals surface area contributed by atoms with Gasteiger partial charge in [-0.25, -0.2) is 0 Å². The highest BCUT2D eigenvalue weighted by Gasteiger charge is 2.28. The number of hydrogen-bond acceptors (Lipinski definition) is 3. The molecule has 0 unspecified atom stereocenters. The van der Waals surface area contributed by atoms with Gasteiger partial charge in [-0.05, 0) is 37.1 Å². The quantitative estimate of drug-likeness (QED) is 0.819. The molecule has 0 heterocycles. The fourth-order valence-electron chi connectivity index (χ4n) is 2.24. The second-order valence-electron chi connectivity index (χ2n) is 4.64. The number of methoxy groups -OCH3 is 1. The lowest BCUT2D eigenvalue weighted by atomic mass is 10.1. The molecule has 1 aliphatic rings. The van der Waals surface area contributed by atoms with E-state index in [2.05, 4.69) is 17.9 Å². The molecule has 94 valence electrons. The first-order valence-corrected chi connectivity index (χ1v) is 6.38. The molecule has 1 aromatic rings. The number of hydrogen-bond donors (Lipinski definition) is 1. The van der Waals surface area contributed by atoms with Crippen LogP contribution in [0.4, 0.5) is 0 Å². The Labute approximate surface area is 104 Å². The predicted octanol–water partition coefficient (Wildman–Crippen LogP) is 2.14. The largest absolute Gasteiger partial charge is 0.496 e. The van der Waals surface area contributed by atoms with E-state index in [1.54, 1.807) is 7.11 Å². The third-order valence-electron chi connectivity index (χ3n) is 3.42. The van der Waals surface area contributed by atoms with Gasteiger partial charge in [0.2, 0.25) is 0 Å². The second-order valence-corrected chi connectivity index (χ2v) is 4.64. The zero-order valence-electron chi connectivity index (χ0n) is 10.8. The van der Waals surface area contributed by atoms with Gasteiger partial charge in [-0.1, -0.05) is 13.0 Å². The lowest BCUT2D eigenvalue weighted by Gasteiger charge is -2.21. The molecule has 3 heteroatoms. The van der Waals surface area contributed by atoms with Gasteiger partial charge in [0.1, 0.15) is 5.75 Å². The standard InChI is InChI=1S/C14H22N2O/c1-3-16(13-5-6-13)10-12-8-11(9-15)4-7-14(12)17-2/h4,7-8,13H,3,5-6,9-10,15H2,1-2H3. The van der Waals surface area contributed by atoms with Gasteiger partial charge in [0.25, 0.3) is 0 Å². The summed E-state index contributed by atoms with van der Waals surface area (Å²) in [5.41, 5.74) is 8.12. The van der Waals surface area contributed by atoms with Crippen molar-refractivity contribution in [1.29, 1.82) is 0 Å². The summed E-state index contributed by atoms with van der Waals surface area (Å²) in [7, 11) is 1.73. The summed E-state index contributed by atoms with van der Waals surface area (Å²) in [6.07, 6.45) is 2.68. The van der Waals surface area contributed by atoms with Gasteiger partial charge in [0.15, 0.2) is 0 Å². The summed E-state index contributed by atoms with van der Waals surface area (Å²) in [4.78, 5) is 2.51. The highest BCUT2D eigenvalue weighted by molar-refractivity contribution is 5.37. The number of rotatable bonds is 6. The first-order valence-electron chi connectivity index (χ1n) is 6.38. The maximum Gasteiger partial charge on any atom is 0.123 e. The number of nitrogens with zero attached hydrogens (tertiary/aromatic N) is 1. The first kappa shape index (κ1) is 12.4. The van der Waals surface area contributed by atoms with Gasteiger partial charge in [-0.3, -0.25) is 4.90 Å². The lowest BCUT2D eigenvalue weighted by molar-refractivity contribution is 0.264. The summed E-state index contributed by atoms with van der Waals surface area (Å²) in [5.74, 6) is 0.973. The van der Waals surface area contributed by atoms with Gasteiger partial charge < -0.3 is 10.5 Å². The molecule has 0 saturated heterocycles. The molecule has 1 saturated carbocycles. The van der Waals surface area contributed by atoms with Crippen molar-refractivity contribution in [2.45, 2.75) is 38.9 Å². The summed E-state index contributed by atoms with van der Waals surface area (Å²) in [6.45, 7) is 4.88. The van der Waals surface area contributed by atoms with Crippen molar-refractivity contribution in [2.24, 2.45) is 5.73 Å². The molecule has 0 amide bonds. The molecule has 0 spiro atoms. The minimum absolute atomic E-state index is 0.590. The Hall–Kier alpha value is -1.06. The fraction of sp³-hybridized carbons (Fsp3) is 0.571. The second kappa shape index (κ2) is 5.52. The minimum atomic E-state index is 0.590. The van der Waals surface area contributed by atoms with E-state index in [0.717, 1.165) is 24.9 Å². The highest BCUT2D eigenvalue weighted by atomic mass is 16.5. The zero-order valence-corrected chi connectivity index (χ0v) is 10.8. The van der Waals surface area contributed by atoms with Crippen molar-refractivity contribution in [3.63, 3.8) is 0 Å². The van der Waals surface area contributed by atoms with Crippen molar-refractivity contribution < 1.29 is 4.74 Å². The molecule has 1 fully saturated rings. The van der Waals surface area contributed by atoms with E-state index in [1.807, 2.05) is 12.1 Å². The topological polar surface area (TPSA) is 38.5 Å². The molecule has 0 radical (unpaired) electrons. The predicted molar refractivity (Wildman–Crippen MR) is 70.0 cm³/mol. The highest BCUT2D eigenvalue weighted by Crippen LogP contribution is 2.30.